The minimum absolute atomic E-state index is 0.0108. The summed E-state index contributed by atoms with van der Waals surface area (Å²) in [6, 6.07) is 0. The lowest BCUT2D eigenvalue weighted by Crippen LogP contribution is -2.22. The van der Waals surface area contributed by atoms with E-state index >= 15 is 0 Å². The summed E-state index contributed by atoms with van der Waals surface area (Å²) in [7, 11) is 0. The molecule has 0 radical (unpaired) electrons. The van der Waals surface area contributed by atoms with E-state index in [4.69, 9.17) is 0 Å². The first kappa shape index (κ1) is 15.0. The van der Waals surface area contributed by atoms with Crippen LogP contribution in [0.4, 0.5) is 0 Å². The molecule has 0 fully saturated rings. The lowest BCUT2D eigenvalue weighted by Gasteiger charge is -2.13. The van der Waals surface area contributed by atoms with E-state index in [2.05, 4.69) is 0 Å². The fourth-order valence-corrected chi connectivity index (χ4v) is 1.30. The second-order valence-corrected chi connectivity index (χ2v) is 4.91. The number of rotatable bonds is 7. The summed E-state index contributed by atoms with van der Waals surface area (Å²) in [5.41, 5.74) is 0. The molecule has 0 bridgehead atoms. The maximum atomic E-state index is 11.7. The normalized spacial score (nSPS) is 14.6. The zero-order valence-electron chi connectivity index (χ0n) is 10.9. The van der Waals surface area contributed by atoms with E-state index < -0.39 is 0 Å². The molecule has 3 nitrogen and oxygen atoms in total. The fourth-order valence-electron chi connectivity index (χ4n) is 1.30. The molecule has 92 valence electrons. The highest BCUT2D eigenvalue weighted by molar-refractivity contribution is 5.91. The number of hydrogen-bond donors (Lipinski definition) is 0. The van der Waals surface area contributed by atoms with Gasteiger partial charge >= 0.3 is 0 Å². The van der Waals surface area contributed by atoms with E-state index in [0.717, 1.165) is 0 Å². The highest BCUT2D eigenvalue weighted by Gasteiger charge is 2.21. The maximum Gasteiger partial charge on any atom is 0.136 e. The van der Waals surface area contributed by atoms with Gasteiger partial charge in [-0.25, -0.2) is 0 Å². The van der Waals surface area contributed by atoms with Gasteiger partial charge in [-0.05, 0) is 6.92 Å². The predicted molar refractivity (Wildman–Crippen MR) is 63.1 cm³/mol. The van der Waals surface area contributed by atoms with Crippen LogP contribution in [0.1, 0.15) is 47.5 Å². The van der Waals surface area contributed by atoms with Crippen LogP contribution in [0, 0.1) is 17.8 Å². The van der Waals surface area contributed by atoms with Crippen LogP contribution in [0.15, 0.2) is 0 Å². The standard InChI is InChI=1S/C13H22O3/c1-8(2)12(15)7-10(4)13(16)6-9(3)11(5)14/h8-10H,6-7H2,1-5H3. The molecular formula is C13H22O3. The molecule has 0 aromatic heterocycles. The van der Waals surface area contributed by atoms with Gasteiger partial charge in [0.05, 0.1) is 0 Å². The van der Waals surface area contributed by atoms with Crippen molar-refractivity contribution in [2.45, 2.75) is 47.5 Å². The van der Waals surface area contributed by atoms with Gasteiger partial charge in [0.2, 0.25) is 0 Å². The smallest absolute Gasteiger partial charge is 0.136 e. The topological polar surface area (TPSA) is 51.2 Å². The van der Waals surface area contributed by atoms with Crippen LogP contribution < -0.4 is 0 Å². The average Bonchev–Trinajstić information content (AvgIpc) is 2.16. The molecule has 0 aliphatic rings. The Labute approximate surface area is 97.6 Å². The third kappa shape index (κ3) is 5.19. The average molecular weight is 226 g/mol. The summed E-state index contributed by atoms with van der Waals surface area (Å²) >= 11 is 0. The quantitative estimate of drug-likeness (QED) is 0.670. The van der Waals surface area contributed by atoms with Gasteiger partial charge in [0.15, 0.2) is 0 Å². The highest BCUT2D eigenvalue weighted by atomic mass is 16.1. The van der Waals surface area contributed by atoms with Gasteiger partial charge in [-0.3, -0.25) is 14.4 Å². The lowest BCUT2D eigenvalue weighted by atomic mass is 9.89. The minimum Gasteiger partial charge on any atom is -0.300 e. The highest BCUT2D eigenvalue weighted by Crippen LogP contribution is 2.14. The third-order valence-corrected chi connectivity index (χ3v) is 2.90. The van der Waals surface area contributed by atoms with Gasteiger partial charge in [-0.1, -0.05) is 27.7 Å². The van der Waals surface area contributed by atoms with Crippen molar-refractivity contribution in [1.82, 2.24) is 0 Å². The summed E-state index contributed by atoms with van der Waals surface area (Å²) in [5.74, 6) is -0.384. The van der Waals surface area contributed by atoms with E-state index in [9.17, 15) is 14.4 Å². The zero-order valence-corrected chi connectivity index (χ0v) is 10.9. The Balaban J connectivity index is 4.19. The van der Waals surface area contributed by atoms with Gasteiger partial charge in [-0.2, -0.15) is 0 Å². The van der Waals surface area contributed by atoms with E-state index in [-0.39, 0.29) is 41.5 Å². The van der Waals surface area contributed by atoms with Crippen molar-refractivity contribution in [3.8, 4) is 0 Å². The summed E-state index contributed by atoms with van der Waals surface area (Å²) in [6.07, 6.45) is 0.545. The molecular weight excluding hydrogens is 204 g/mol. The van der Waals surface area contributed by atoms with Gasteiger partial charge in [-0.15, -0.1) is 0 Å². The number of carbonyl (C=O) groups excluding carboxylic acids is 3. The minimum atomic E-state index is -0.267. The van der Waals surface area contributed by atoms with Crippen molar-refractivity contribution in [3.05, 3.63) is 0 Å². The third-order valence-electron chi connectivity index (χ3n) is 2.90. The molecule has 0 saturated carbocycles. The molecule has 0 saturated heterocycles. The number of ketones is 3. The molecule has 2 atom stereocenters. The van der Waals surface area contributed by atoms with E-state index in [1.54, 1.807) is 13.8 Å². The van der Waals surface area contributed by atoms with Gasteiger partial charge < -0.3 is 0 Å². The van der Waals surface area contributed by atoms with Crippen molar-refractivity contribution in [2.75, 3.05) is 0 Å². The van der Waals surface area contributed by atoms with Crippen LogP contribution >= 0.6 is 0 Å². The van der Waals surface area contributed by atoms with Gasteiger partial charge in [0.25, 0.3) is 0 Å². The summed E-state index contributed by atoms with van der Waals surface area (Å²) in [5, 5.41) is 0. The zero-order chi connectivity index (χ0) is 12.9. The van der Waals surface area contributed by atoms with Crippen LogP contribution in [0.25, 0.3) is 0 Å². The van der Waals surface area contributed by atoms with Crippen molar-refractivity contribution in [2.24, 2.45) is 17.8 Å². The molecule has 0 amide bonds. The number of carbonyl (C=O) groups is 3. The molecule has 2 unspecified atom stereocenters. The molecule has 16 heavy (non-hydrogen) atoms. The Morgan fingerprint density at radius 3 is 1.62 bits per heavy atom. The van der Waals surface area contributed by atoms with E-state index in [0.29, 0.717) is 6.42 Å². The fraction of sp³-hybridized carbons (Fsp3) is 0.769. The van der Waals surface area contributed by atoms with Crippen molar-refractivity contribution < 1.29 is 14.4 Å². The van der Waals surface area contributed by atoms with Crippen molar-refractivity contribution >= 4 is 17.3 Å². The Morgan fingerprint density at radius 2 is 1.25 bits per heavy atom. The summed E-state index contributed by atoms with van der Waals surface area (Å²) in [4.78, 5) is 34.2. The monoisotopic (exact) mass is 226 g/mol. The second kappa shape index (κ2) is 6.56. The molecule has 0 aliphatic carbocycles. The van der Waals surface area contributed by atoms with Gasteiger partial charge in [0.1, 0.15) is 17.3 Å². The molecule has 0 aromatic carbocycles. The Hall–Kier alpha value is -0.990. The molecule has 3 heteroatoms. The molecule has 0 N–H and O–H groups in total. The molecule has 0 rings (SSSR count). The van der Waals surface area contributed by atoms with Crippen LogP contribution in [0.2, 0.25) is 0 Å². The number of hydrogen-bond acceptors (Lipinski definition) is 3. The Bertz CT molecular complexity index is 279. The molecule has 0 spiro atoms. The lowest BCUT2D eigenvalue weighted by molar-refractivity contribution is -0.131. The first-order valence-corrected chi connectivity index (χ1v) is 5.81. The summed E-state index contributed by atoms with van der Waals surface area (Å²) < 4.78 is 0. The molecule has 0 aromatic rings. The van der Waals surface area contributed by atoms with Crippen LogP contribution in [-0.2, 0) is 14.4 Å². The van der Waals surface area contributed by atoms with Gasteiger partial charge in [0, 0.05) is 30.6 Å². The van der Waals surface area contributed by atoms with Crippen molar-refractivity contribution in [1.29, 1.82) is 0 Å². The maximum absolute atomic E-state index is 11.7. The van der Waals surface area contributed by atoms with Crippen LogP contribution in [0.3, 0.4) is 0 Å². The molecule has 0 aliphatic heterocycles. The first-order valence-electron chi connectivity index (χ1n) is 5.81. The predicted octanol–water partition coefficient (Wildman–Crippen LogP) is 2.42. The van der Waals surface area contributed by atoms with Crippen LogP contribution in [0.5, 0.6) is 0 Å². The Kier molecular flexibility index (Phi) is 6.16. The SMILES string of the molecule is CC(=O)C(C)CC(=O)C(C)CC(=O)C(C)C. The Morgan fingerprint density at radius 1 is 0.812 bits per heavy atom. The molecule has 0 heterocycles. The number of Topliss-reactive ketones (excluding diaryl/α,β-unsaturated/α-hetero) is 3. The van der Waals surface area contributed by atoms with Crippen LogP contribution in [-0.4, -0.2) is 17.3 Å². The van der Waals surface area contributed by atoms with Crippen molar-refractivity contribution in [3.63, 3.8) is 0 Å². The second-order valence-electron chi connectivity index (χ2n) is 4.91. The first-order chi connectivity index (χ1) is 7.25. The van der Waals surface area contributed by atoms with E-state index in [1.165, 1.54) is 6.92 Å². The summed E-state index contributed by atoms with van der Waals surface area (Å²) in [6.45, 7) is 8.66. The largest absolute Gasteiger partial charge is 0.300 e. The van der Waals surface area contributed by atoms with E-state index in [1.807, 2.05) is 13.8 Å².